The average Bonchev–Trinajstić information content (AvgIpc) is 2.56. The minimum Gasteiger partial charge on any atom is -0.282 e. The topological polar surface area (TPSA) is 54.0 Å². The van der Waals surface area contributed by atoms with Crippen LogP contribution in [0.15, 0.2) is 64.9 Å². The van der Waals surface area contributed by atoms with Crippen LogP contribution in [0.1, 0.15) is 5.56 Å². The lowest BCUT2D eigenvalue weighted by molar-refractivity contribution is 0.677. The molecule has 1 aromatic heterocycles. The number of fused-ring (bicyclic) bond motifs is 2. The second kappa shape index (κ2) is 4.86. The number of para-hydroxylation sites is 1. The fourth-order valence-electron chi connectivity index (χ4n) is 2.37. The summed E-state index contributed by atoms with van der Waals surface area (Å²) in [5, 5.41) is 14.6. The molecule has 1 aliphatic heterocycles. The largest absolute Gasteiger partial charge is 0.282 e. The summed E-state index contributed by atoms with van der Waals surface area (Å²) < 4.78 is 1.64. The van der Waals surface area contributed by atoms with Crippen molar-refractivity contribution in [2.45, 2.75) is 5.16 Å². The predicted molar refractivity (Wildman–Crippen MR) is 84.7 cm³/mol. The lowest BCUT2D eigenvalue weighted by atomic mass is 10.1. The van der Waals surface area contributed by atoms with Gasteiger partial charge in [-0.2, -0.15) is 9.78 Å². The summed E-state index contributed by atoms with van der Waals surface area (Å²) in [6.45, 7) is 0. The Balaban J connectivity index is 1.95. The van der Waals surface area contributed by atoms with Crippen molar-refractivity contribution in [1.29, 1.82) is 5.41 Å². The van der Waals surface area contributed by atoms with Gasteiger partial charge in [0.15, 0.2) is 10.6 Å². The maximum absolute atomic E-state index is 8.37. The fourth-order valence-corrected chi connectivity index (χ4v) is 3.28. The van der Waals surface area contributed by atoms with Crippen LogP contribution in [0.4, 0.5) is 0 Å². The van der Waals surface area contributed by atoms with E-state index >= 15 is 0 Å². The number of thioether (sulfide) groups is 1. The number of benzene rings is 2. The molecule has 5 heteroatoms. The molecule has 4 nitrogen and oxygen atoms in total. The lowest BCUT2D eigenvalue weighted by Gasteiger charge is -2.17. The van der Waals surface area contributed by atoms with Crippen LogP contribution >= 0.6 is 11.8 Å². The molecule has 102 valence electrons. The van der Waals surface area contributed by atoms with Crippen molar-refractivity contribution in [2.75, 3.05) is 5.75 Å². The second-order valence-electron chi connectivity index (χ2n) is 4.77. The van der Waals surface area contributed by atoms with Gasteiger partial charge in [-0.15, -0.1) is 0 Å². The van der Waals surface area contributed by atoms with Crippen molar-refractivity contribution in [3.63, 3.8) is 0 Å². The van der Waals surface area contributed by atoms with Gasteiger partial charge in [0.25, 0.3) is 0 Å². The van der Waals surface area contributed by atoms with E-state index in [1.807, 2.05) is 54.6 Å². The quantitative estimate of drug-likeness (QED) is 0.701. The highest BCUT2D eigenvalue weighted by Crippen LogP contribution is 2.23. The van der Waals surface area contributed by atoms with Gasteiger partial charge in [-0.3, -0.25) is 5.41 Å². The Labute approximate surface area is 125 Å². The number of aromatic nitrogens is 2. The molecule has 1 aliphatic rings. The molecule has 1 N–H and O–H groups in total. The Morgan fingerprint density at radius 2 is 1.76 bits per heavy atom. The highest BCUT2D eigenvalue weighted by molar-refractivity contribution is 7.99. The first-order chi connectivity index (χ1) is 10.3. The van der Waals surface area contributed by atoms with Crippen molar-refractivity contribution in [3.8, 4) is 0 Å². The van der Waals surface area contributed by atoms with E-state index in [1.54, 1.807) is 16.4 Å². The molecule has 0 saturated carbocycles. The second-order valence-corrected chi connectivity index (χ2v) is 5.72. The summed E-state index contributed by atoms with van der Waals surface area (Å²) in [5.41, 5.74) is 3.30. The minimum absolute atomic E-state index is 0.385. The molecule has 2 heterocycles. The molecule has 3 aromatic rings. The minimum atomic E-state index is 0.385. The predicted octanol–water partition coefficient (Wildman–Crippen LogP) is 2.87. The summed E-state index contributed by atoms with van der Waals surface area (Å²) in [4.78, 5) is 4.60. The SMILES string of the molecule is N=c1c2ccccc2nc2n1N=C(c1ccccc1)CS2. The molecular formula is C16H12N4S. The van der Waals surface area contributed by atoms with E-state index < -0.39 is 0 Å². The van der Waals surface area contributed by atoms with Gasteiger partial charge in [-0.05, 0) is 17.7 Å². The summed E-state index contributed by atoms with van der Waals surface area (Å²) in [6, 6.07) is 17.8. The third kappa shape index (κ3) is 2.06. The zero-order valence-electron chi connectivity index (χ0n) is 11.2. The van der Waals surface area contributed by atoms with Crippen molar-refractivity contribution in [2.24, 2.45) is 5.10 Å². The van der Waals surface area contributed by atoms with Gasteiger partial charge in [-0.25, -0.2) is 4.98 Å². The van der Waals surface area contributed by atoms with Crippen LogP contribution in [0.25, 0.3) is 10.9 Å². The van der Waals surface area contributed by atoms with Crippen molar-refractivity contribution < 1.29 is 0 Å². The van der Waals surface area contributed by atoms with E-state index in [0.29, 0.717) is 5.49 Å². The molecule has 0 amide bonds. The maximum Gasteiger partial charge on any atom is 0.191 e. The van der Waals surface area contributed by atoms with Crippen molar-refractivity contribution >= 4 is 28.4 Å². The van der Waals surface area contributed by atoms with Crippen LogP contribution in [0.2, 0.25) is 0 Å². The molecule has 0 spiro atoms. The van der Waals surface area contributed by atoms with Crippen molar-refractivity contribution in [3.05, 3.63) is 65.6 Å². The van der Waals surface area contributed by atoms with E-state index in [1.165, 1.54) is 0 Å². The summed E-state index contributed by atoms with van der Waals surface area (Å²) in [5.74, 6) is 0.773. The zero-order chi connectivity index (χ0) is 14.2. The zero-order valence-corrected chi connectivity index (χ0v) is 12.0. The first kappa shape index (κ1) is 12.3. The molecule has 0 atom stereocenters. The lowest BCUT2D eigenvalue weighted by Crippen LogP contribution is -2.25. The van der Waals surface area contributed by atoms with Gasteiger partial charge >= 0.3 is 0 Å². The van der Waals surface area contributed by atoms with Crippen LogP contribution in [-0.2, 0) is 0 Å². The number of nitrogens with one attached hydrogen (secondary N) is 1. The van der Waals surface area contributed by atoms with Gasteiger partial charge in [0, 0.05) is 11.1 Å². The maximum atomic E-state index is 8.37. The number of hydrogen-bond acceptors (Lipinski definition) is 4. The van der Waals surface area contributed by atoms with E-state index in [-0.39, 0.29) is 0 Å². The monoisotopic (exact) mass is 292 g/mol. The highest BCUT2D eigenvalue weighted by atomic mass is 32.2. The molecule has 0 radical (unpaired) electrons. The first-order valence-corrected chi connectivity index (χ1v) is 7.64. The standard InChI is InChI=1S/C16H12N4S/c17-15-12-8-4-5-9-13(12)18-16-20(15)19-14(10-21-16)11-6-2-1-3-7-11/h1-9,17H,10H2. The van der Waals surface area contributed by atoms with Crippen LogP contribution < -0.4 is 5.49 Å². The molecule has 0 unspecified atom stereocenters. The highest BCUT2D eigenvalue weighted by Gasteiger charge is 2.16. The van der Waals surface area contributed by atoms with E-state index in [0.717, 1.165) is 33.1 Å². The van der Waals surface area contributed by atoms with Crippen LogP contribution in [0, 0.1) is 5.41 Å². The molecular weight excluding hydrogens is 280 g/mol. The Morgan fingerprint density at radius 3 is 2.62 bits per heavy atom. The van der Waals surface area contributed by atoms with Crippen molar-refractivity contribution in [1.82, 2.24) is 9.66 Å². The van der Waals surface area contributed by atoms with E-state index in [2.05, 4.69) is 10.1 Å². The van der Waals surface area contributed by atoms with Gasteiger partial charge in [0.2, 0.25) is 0 Å². The number of nitrogens with zero attached hydrogens (tertiary/aromatic N) is 3. The first-order valence-electron chi connectivity index (χ1n) is 6.65. The van der Waals surface area contributed by atoms with Gasteiger partial charge in [-0.1, -0.05) is 54.2 Å². The van der Waals surface area contributed by atoms with Gasteiger partial charge < -0.3 is 0 Å². The third-order valence-electron chi connectivity index (χ3n) is 3.43. The van der Waals surface area contributed by atoms with Gasteiger partial charge in [0.05, 0.1) is 11.2 Å². The van der Waals surface area contributed by atoms with E-state index in [4.69, 9.17) is 5.41 Å². The van der Waals surface area contributed by atoms with Crippen LogP contribution in [0.3, 0.4) is 0 Å². The van der Waals surface area contributed by atoms with Crippen LogP contribution in [-0.4, -0.2) is 21.1 Å². The number of rotatable bonds is 1. The smallest absolute Gasteiger partial charge is 0.191 e. The molecule has 2 aromatic carbocycles. The van der Waals surface area contributed by atoms with E-state index in [9.17, 15) is 0 Å². The Hall–Kier alpha value is -2.40. The van der Waals surface area contributed by atoms with Crippen LogP contribution in [0.5, 0.6) is 0 Å². The summed E-state index contributed by atoms with van der Waals surface area (Å²) in [6.07, 6.45) is 0. The Bertz CT molecular complexity index is 912. The molecule has 0 saturated heterocycles. The molecule has 0 aliphatic carbocycles. The summed E-state index contributed by atoms with van der Waals surface area (Å²) >= 11 is 1.62. The normalized spacial score (nSPS) is 13.8. The Kier molecular flexibility index (Phi) is 2.86. The summed E-state index contributed by atoms with van der Waals surface area (Å²) in [7, 11) is 0. The van der Waals surface area contributed by atoms with Gasteiger partial charge in [0.1, 0.15) is 0 Å². The molecule has 4 rings (SSSR count). The fraction of sp³-hybridized carbons (Fsp3) is 0.0625. The number of hydrogen-bond donors (Lipinski definition) is 1. The third-order valence-corrected chi connectivity index (χ3v) is 4.37. The molecule has 21 heavy (non-hydrogen) atoms. The average molecular weight is 292 g/mol. The molecule has 0 fully saturated rings. The Morgan fingerprint density at radius 1 is 1.00 bits per heavy atom. The molecule has 0 bridgehead atoms.